The van der Waals surface area contributed by atoms with Crippen molar-refractivity contribution < 1.29 is 9.59 Å². The zero-order valence-corrected chi connectivity index (χ0v) is 20.1. The smallest absolute Gasteiger partial charge is 0.272 e. The molecule has 0 aliphatic rings. The average molecular weight is 439 g/mol. The van der Waals surface area contributed by atoms with Crippen LogP contribution >= 0.6 is 0 Å². The third-order valence-electron chi connectivity index (χ3n) is 5.39. The van der Waals surface area contributed by atoms with E-state index in [1.54, 1.807) is 12.1 Å². The standard InChI is InChI=1S/C26H38N4O2/c1-5-13-29(14-6-2)26(32)24-18-23(16-20(4)28-24)25(31)30(15-9-12-27)19-22-11-8-10-21(7-3)17-22/h8,10-11,16-18H,5-7,9,12-15,19,27H2,1-4H3. The zero-order chi connectivity index (χ0) is 23.5. The molecule has 6 heteroatoms. The first-order valence-electron chi connectivity index (χ1n) is 11.8. The van der Waals surface area contributed by atoms with E-state index in [1.165, 1.54) is 5.56 Å². The van der Waals surface area contributed by atoms with Gasteiger partial charge in [-0.2, -0.15) is 0 Å². The minimum Gasteiger partial charge on any atom is -0.337 e. The Labute approximate surface area is 192 Å². The van der Waals surface area contributed by atoms with Crippen LogP contribution in [-0.2, 0) is 13.0 Å². The van der Waals surface area contributed by atoms with Crippen molar-refractivity contribution in [2.75, 3.05) is 26.2 Å². The summed E-state index contributed by atoms with van der Waals surface area (Å²) in [5.41, 5.74) is 9.57. The molecule has 6 nitrogen and oxygen atoms in total. The summed E-state index contributed by atoms with van der Waals surface area (Å²) >= 11 is 0. The normalized spacial score (nSPS) is 10.8. The highest BCUT2D eigenvalue weighted by molar-refractivity contribution is 5.98. The van der Waals surface area contributed by atoms with Crippen LogP contribution in [-0.4, -0.2) is 52.8 Å². The van der Waals surface area contributed by atoms with E-state index in [2.05, 4.69) is 37.9 Å². The van der Waals surface area contributed by atoms with Gasteiger partial charge in [0.2, 0.25) is 0 Å². The maximum Gasteiger partial charge on any atom is 0.272 e. The van der Waals surface area contributed by atoms with Gasteiger partial charge in [-0.3, -0.25) is 9.59 Å². The number of nitrogens with two attached hydrogens (primary N) is 1. The molecule has 1 heterocycles. The fourth-order valence-electron chi connectivity index (χ4n) is 3.80. The van der Waals surface area contributed by atoms with Crippen molar-refractivity contribution in [1.82, 2.24) is 14.8 Å². The van der Waals surface area contributed by atoms with E-state index in [-0.39, 0.29) is 11.8 Å². The molecule has 0 aliphatic heterocycles. The third kappa shape index (κ3) is 7.16. The first-order valence-corrected chi connectivity index (χ1v) is 11.8. The van der Waals surface area contributed by atoms with E-state index in [1.807, 2.05) is 28.9 Å². The van der Waals surface area contributed by atoms with Gasteiger partial charge in [-0.05, 0) is 62.4 Å². The number of hydrogen-bond donors (Lipinski definition) is 1. The summed E-state index contributed by atoms with van der Waals surface area (Å²) in [5, 5.41) is 0. The molecule has 0 aliphatic carbocycles. The molecule has 1 aromatic carbocycles. The molecule has 2 amide bonds. The molecule has 2 aromatic rings. The maximum atomic E-state index is 13.5. The molecule has 0 unspecified atom stereocenters. The summed E-state index contributed by atoms with van der Waals surface area (Å²) in [7, 11) is 0. The predicted octanol–water partition coefficient (Wildman–Crippen LogP) is 4.21. The van der Waals surface area contributed by atoms with E-state index in [9.17, 15) is 9.59 Å². The molecular weight excluding hydrogens is 400 g/mol. The van der Waals surface area contributed by atoms with Gasteiger partial charge in [0.1, 0.15) is 5.69 Å². The van der Waals surface area contributed by atoms with Crippen molar-refractivity contribution in [2.45, 2.75) is 59.9 Å². The van der Waals surface area contributed by atoms with E-state index in [0.717, 1.165) is 31.2 Å². The molecule has 0 spiro atoms. The summed E-state index contributed by atoms with van der Waals surface area (Å²) < 4.78 is 0. The maximum absolute atomic E-state index is 13.5. The molecule has 2 N–H and O–H groups in total. The number of hydrogen-bond acceptors (Lipinski definition) is 4. The van der Waals surface area contributed by atoms with Gasteiger partial charge in [0.25, 0.3) is 11.8 Å². The molecule has 0 saturated carbocycles. The fraction of sp³-hybridized carbons (Fsp3) is 0.500. The number of nitrogens with zero attached hydrogens (tertiary/aromatic N) is 3. The Morgan fingerprint density at radius 3 is 2.22 bits per heavy atom. The molecule has 0 bridgehead atoms. The second-order valence-electron chi connectivity index (χ2n) is 8.22. The number of carbonyl (C=O) groups excluding carboxylic acids is 2. The number of rotatable bonds is 12. The van der Waals surface area contributed by atoms with Gasteiger partial charge in [-0.25, -0.2) is 4.98 Å². The zero-order valence-electron chi connectivity index (χ0n) is 20.1. The first kappa shape index (κ1) is 25.5. The highest BCUT2D eigenvalue weighted by Crippen LogP contribution is 2.16. The number of amides is 2. The number of carbonyl (C=O) groups is 2. The van der Waals surface area contributed by atoms with E-state index in [4.69, 9.17) is 5.73 Å². The van der Waals surface area contributed by atoms with Gasteiger partial charge in [-0.1, -0.05) is 45.0 Å². The van der Waals surface area contributed by atoms with Gasteiger partial charge in [0, 0.05) is 37.4 Å². The Morgan fingerprint density at radius 1 is 0.906 bits per heavy atom. The fourth-order valence-corrected chi connectivity index (χ4v) is 3.80. The number of pyridine rings is 1. The Kier molecular flexibility index (Phi) is 10.3. The van der Waals surface area contributed by atoms with Crippen molar-refractivity contribution in [1.29, 1.82) is 0 Å². The largest absolute Gasteiger partial charge is 0.337 e. The van der Waals surface area contributed by atoms with Gasteiger partial charge >= 0.3 is 0 Å². The van der Waals surface area contributed by atoms with Crippen LogP contribution < -0.4 is 5.73 Å². The monoisotopic (exact) mass is 438 g/mol. The molecule has 0 saturated heterocycles. The summed E-state index contributed by atoms with van der Waals surface area (Å²) in [6, 6.07) is 11.7. The van der Waals surface area contributed by atoms with Crippen molar-refractivity contribution in [3.63, 3.8) is 0 Å². The van der Waals surface area contributed by atoms with Crippen LogP contribution in [0.5, 0.6) is 0 Å². The quantitative estimate of drug-likeness (QED) is 0.538. The summed E-state index contributed by atoms with van der Waals surface area (Å²) in [6.45, 7) is 11.0. The Bertz CT molecular complexity index is 891. The topological polar surface area (TPSA) is 79.5 Å². The molecule has 0 fully saturated rings. The van der Waals surface area contributed by atoms with Crippen molar-refractivity contribution in [2.24, 2.45) is 5.73 Å². The van der Waals surface area contributed by atoms with E-state index >= 15 is 0 Å². The SMILES string of the molecule is CCCN(CCC)C(=O)c1cc(C(=O)N(CCCN)Cc2cccc(CC)c2)cc(C)n1. The number of aryl methyl sites for hydroxylation is 2. The lowest BCUT2D eigenvalue weighted by atomic mass is 10.1. The van der Waals surface area contributed by atoms with Crippen LogP contribution in [0, 0.1) is 6.92 Å². The van der Waals surface area contributed by atoms with Crippen LogP contribution in [0.3, 0.4) is 0 Å². The number of benzene rings is 1. The summed E-state index contributed by atoms with van der Waals surface area (Å²) in [6.07, 6.45) is 3.43. The predicted molar refractivity (Wildman–Crippen MR) is 130 cm³/mol. The van der Waals surface area contributed by atoms with Gasteiger partial charge < -0.3 is 15.5 Å². The second kappa shape index (κ2) is 13.0. The van der Waals surface area contributed by atoms with Crippen LogP contribution in [0.2, 0.25) is 0 Å². The van der Waals surface area contributed by atoms with Crippen molar-refractivity contribution in [3.8, 4) is 0 Å². The van der Waals surface area contributed by atoms with E-state index < -0.39 is 0 Å². The summed E-state index contributed by atoms with van der Waals surface area (Å²) in [4.78, 5) is 34.7. The van der Waals surface area contributed by atoms with Crippen LogP contribution in [0.4, 0.5) is 0 Å². The highest BCUT2D eigenvalue weighted by atomic mass is 16.2. The van der Waals surface area contributed by atoms with Gasteiger partial charge in [0.05, 0.1) is 0 Å². The molecule has 1 aromatic heterocycles. The minimum absolute atomic E-state index is 0.0996. The molecule has 0 atom stereocenters. The highest BCUT2D eigenvalue weighted by Gasteiger charge is 2.21. The van der Waals surface area contributed by atoms with Crippen molar-refractivity contribution >= 4 is 11.8 Å². The lowest BCUT2D eigenvalue weighted by Crippen LogP contribution is -2.35. The Balaban J connectivity index is 2.33. The van der Waals surface area contributed by atoms with Gasteiger partial charge in [0.15, 0.2) is 0 Å². The second-order valence-corrected chi connectivity index (χ2v) is 8.22. The Morgan fingerprint density at radius 2 is 1.59 bits per heavy atom. The molecule has 2 rings (SSSR count). The number of aromatic nitrogens is 1. The third-order valence-corrected chi connectivity index (χ3v) is 5.39. The average Bonchev–Trinajstić information content (AvgIpc) is 2.80. The lowest BCUT2D eigenvalue weighted by molar-refractivity contribution is 0.0741. The molecule has 174 valence electrons. The molecule has 32 heavy (non-hydrogen) atoms. The van der Waals surface area contributed by atoms with Crippen LogP contribution in [0.15, 0.2) is 36.4 Å². The molecular formula is C26H38N4O2. The van der Waals surface area contributed by atoms with Crippen LogP contribution in [0.25, 0.3) is 0 Å². The van der Waals surface area contributed by atoms with Crippen molar-refractivity contribution in [3.05, 3.63) is 64.5 Å². The summed E-state index contributed by atoms with van der Waals surface area (Å²) in [5.74, 6) is -0.215. The van der Waals surface area contributed by atoms with Crippen LogP contribution in [0.1, 0.15) is 77.7 Å². The lowest BCUT2D eigenvalue weighted by Gasteiger charge is -2.24. The Hall–Kier alpha value is -2.73. The first-order chi connectivity index (χ1) is 15.4. The minimum atomic E-state index is -0.115. The molecule has 0 radical (unpaired) electrons. The van der Waals surface area contributed by atoms with Gasteiger partial charge in [-0.15, -0.1) is 0 Å². The van der Waals surface area contributed by atoms with E-state index in [0.29, 0.717) is 49.7 Å².